The summed E-state index contributed by atoms with van der Waals surface area (Å²) in [5.41, 5.74) is 2.39. The Hall–Kier alpha value is -3.40. The third-order valence-corrected chi connectivity index (χ3v) is 3.91. The van der Waals surface area contributed by atoms with Gasteiger partial charge in [-0.15, -0.1) is 0 Å². The van der Waals surface area contributed by atoms with Gasteiger partial charge >= 0.3 is 5.97 Å². The fourth-order valence-corrected chi connectivity index (χ4v) is 2.59. The summed E-state index contributed by atoms with van der Waals surface area (Å²) in [5, 5.41) is 0. The Kier molecular flexibility index (Phi) is 5.44. The Bertz CT molecular complexity index is 916. The highest BCUT2D eigenvalue weighted by atomic mass is 16.5. The largest absolute Gasteiger partial charge is 0.488 e. The van der Waals surface area contributed by atoms with E-state index >= 15 is 0 Å². The first-order chi connectivity index (χ1) is 12.7. The number of esters is 1. The number of ketones is 1. The second kappa shape index (κ2) is 8.12. The monoisotopic (exact) mass is 346 g/mol. The van der Waals surface area contributed by atoms with E-state index in [2.05, 4.69) is 0 Å². The van der Waals surface area contributed by atoms with E-state index in [-0.39, 0.29) is 12.4 Å². The SMILES string of the molecule is COC(=O)c1cccc(COc2ccccc2C(=O)c2ccccc2)c1. The highest BCUT2D eigenvalue weighted by Gasteiger charge is 2.14. The van der Waals surface area contributed by atoms with Gasteiger partial charge in [-0.3, -0.25) is 4.79 Å². The Morgan fingerprint density at radius 1 is 0.808 bits per heavy atom. The number of carbonyl (C=O) groups is 2. The molecule has 4 heteroatoms. The zero-order valence-electron chi connectivity index (χ0n) is 14.3. The van der Waals surface area contributed by atoms with E-state index in [4.69, 9.17) is 9.47 Å². The Morgan fingerprint density at radius 3 is 2.27 bits per heavy atom. The molecule has 0 unspecified atom stereocenters. The molecule has 0 N–H and O–H groups in total. The number of para-hydroxylation sites is 1. The van der Waals surface area contributed by atoms with Crippen LogP contribution in [0.2, 0.25) is 0 Å². The van der Waals surface area contributed by atoms with E-state index < -0.39 is 5.97 Å². The summed E-state index contributed by atoms with van der Waals surface area (Å²) in [7, 11) is 1.34. The highest BCUT2D eigenvalue weighted by Crippen LogP contribution is 2.23. The summed E-state index contributed by atoms with van der Waals surface area (Å²) in [4.78, 5) is 24.4. The molecule has 0 aromatic heterocycles. The normalized spacial score (nSPS) is 10.2. The maximum absolute atomic E-state index is 12.7. The predicted octanol–water partition coefficient (Wildman–Crippen LogP) is 4.28. The second-order valence-corrected chi connectivity index (χ2v) is 5.67. The fourth-order valence-electron chi connectivity index (χ4n) is 2.59. The minimum Gasteiger partial charge on any atom is -0.488 e. The molecule has 3 rings (SSSR count). The molecule has 0 amide bonds. The van der Waals surface area contributed by atoms with Crippen molar-refractivity contribution in [2.75, 3.05) is 7.11 Å². The number of rotatable bonds is 6. The molecular weight excluding hydrogens is 328 g/mol. The Labute approximate surface area is 152 Å². The van der Waals surface area contributed by atoms with Gasteiger partial charge in [0.15, 0.2) is 5.78 Å². The van der Waals surface area contributed by atoms with Gasteiger partial charge in [-0.1, -0.05) is 54.6 Å². The third-order valence-electron chi connectivity index (χ3n) is 3.91. The number of ether oxygens (including phenoxy) is 2. The minimum atomic E-state index is -0.397. The van der Waals surface area contributed by atoms with Crippen LogP contribution >= 0.6 is 0 Å². The van der Waals surface area contributed by atoms with Crippen LogP contribution in [-0.4, -0.2) is 18.9 Å². The molecule has 0 saturated heterocycles. The maximum Gasteiger partial charge on any atom is 0.337 e. The van der Waals surface area contributed by atoms with Crippen molar-refractivity contribution in [2.24, 2.45) is 0 Å². The van der Waals surface area contributed by atoms with Crippen LogP contribution in [-0.2, 0) is 11.3 Å². The van der Waals surface area contributed by atoms with Crippen LogP contribution in [0.5, 0.6) is 5.75 Å². The Balaban J connectivity index is 1.79. The van der Waals surface area contributed by atoms with Crippen molar-refractivity contribution >= 4 is 11.8 Å². The molecule has 4 nitrogen and oxygen atoms in total. The van der Waals surface area contributed by atoms with E-state index in [9.17, 15) is 9.59 Å². The van der Waals surface area contributed by atoms with Crippen molar-refractivity contribution < 1.29 is 19.1 Å². The van der Waals surface area contributed by atoms with Gasteiger partial charge in [-0.05, 0) is 29.8 Å². The quantitative estimate of drug-likeness (QED) is 0.494. The van der Waals surface area contributed by atoms with Crippen molar-refractivity contribution in [3.05, 3.63) is 101 Å². The average Bonchev–Trinajstić information content (AvgIpc) is 2.72. The van der Waals surface area contributed by atoms with Crippen molar-refractivity contribution in [1.29, 1.82) is 0 Å². The van der Waals surface area contributed by atoms with Crippen molar-refractivity contribution in [3.8, 4) is 5.75 Å². The number of benzene rings is 3. The van der Waals surface area contributed by atoms with E-state index in [0.29, 0.717) is 22.4 Å². The molecule has 0 spiro atoms. The number of hydrogen-bond acceptors (Lipinski definition) is 4. The van der Waals surface area contributed by atoms with Gasteiger partial charge < -0.3 is 9.47 Å². The molecular formula is C22H18O4. The van der Waals surface area contributed by atoms with Crippen LogP contribution in [0, 0.1) is 0 Å². The number of carbonyl (C=O) groups excluding carboxylic acids is 2. The van der Waals surface area contributed by atoms with E-state index in [0.717, 1.165) is 5.56 Å². The van der Waals surface area contributed by atoms with Crippen molar-refractivity contribution in [3.63, 3.8) is 0 Å². The van der Waals surface area contributed by atoms with Crippen molar-refractivity contribution in [2.45, 2.75) is 6.61 Å². The first kappa shape index (κ1) is 17.4. The number of methoxy groups -OCH3 is 1. The van der Waals surface area contributed by atoms with Gasteiger partial charge in [0.05, 0.1) is 18.2 Å². The van der Waals surface area contributed by atoms with E-state index in [1.807, 2.05) is 30.3 Å². The number of hydrogen-bond donors (Lipinski definition) is 0. The zero-order valence-corrected chi connectivity index (χ0v) is 14.3. The molecule has 26 heavy (non-hydrogen) atoms. The lowest BCUT2D eigenvalue weighted by Gasteiger charge is -2.11. The second-order valence-electron chi connectivity index (χ2n) is 5.67. The van der Waals surface area contributed by atoms with Gasteiger partial charge in [0, 0.05) is 5.56 Å². The predicted molar refractivity (Wildman–Crippen MR) is 98.4 cm³/mol. The van der Waals surface area contributed by atoms with Crippen LogP contribution in [0.3, 0.4) is 0 Å². The van der Waals surface area contributed by atoms with E-state index in [1.54, 1.807) is 48.5 Å². The molecule has 3 aromatic rings. The molecule has 0 aliphatic carbocycles. The van der Waals surface area contributed by atoms with Gasteiger partial charge in [-0.25, -0.2) is 4.79 Å². The molecule has 0 atom stereocenters. The van der Waals surface area contributed by atoms with Crippen LogP contribution in [0.25, 0.3) is 0 Å². The molecule has 0 saturated carbocycles. The first-order valence-corrected chi connectivity index (χ1v) is 8.18. The maximum atomic E-state index is 12.7. The highest BCUT2D eigenvalue weighted by molar-refractivity contribution is 6.10. The Morgan fingerprint density at radius 2 is 1.50 bits per heavy atom. The molecule has 130 valence electrons. The summed E-state index contributed by atoms with van der Waals surface area (Å²) in [6.07, 6.45) is 0. The standard InChI is InChI=1S/C22H18O4/c1-25-22(24)18-11-7-8-16(14-18)15-26-20-13-6-5-12-19(20)21(23)17-9-3-2-4-10-17/h2-14H,15H2,1H3. The lowest BCUT2D eigenvalue weighted by molar-refractivity contribution is 0.0600. The summed E-state index contributed by atoms with van der Waals surface area (Å²) >= 11 is 0. The molecule has 0 radical (unpaired) electrons. The summed E-state index contributed by atoms with van der Waals surface area (Å²) < 4.78 is 10.6. The molecule has 0 heterocycles. The van der Waals surface area contributed by atoms with Gasteiger partial charge in [0.25, 0.3) is 0 Å². The molecule has 0 aliphatic rings. The molecule has 0 aliphatic heterocycles. The fraction of sp³-hybridized carbons (Fsp3) is 0.0909. The lowest BCUT2D eigenvalue weighted by Crippen LogP contribution is -2.06. The first-order valence-electron chi connectivity index (χ1n) is 8.18. The van der Waals surface area contributed by atoms with Gasteiger partial charge in [-0.2, -0.15) is 0 Å². The van der Waals surface area contributed by atoms with Crippen LogP contribution in [0.4, 0.5) is 0 Å². The average molecular weight is 346 g/mol. The van der Waals surface area contributed by atoms with Crippen LogP contribution in [0.1, 0.15) is 31.8 Å². The summed E-state index contributed by atoms with van der Waals surface area (Å²) in [6, 6.07) is 23.2. The van der Waals surface area contributed by atoms with Crippen molar-refractivity contribution in [1.82, 2.24) is 0 Å². The lowest BCUT2D eigenvalue weighted by atomic mass is 10.0. The van der Waals surface area contributed by atoms with E-state index in [1.165, 1.54) is 7.11 Å². The molecule has 3 aromatic carbocycles. The minimum absolute atomic E-state index is 0.0930. The zero-order chi connectivity index (χ0) is 18.4. The van der Waals surface area contributed by atoms with Crippen LogP contribution in [0.15, 0.2) is 78.9 Å². The van der Waals surface area contributed by atoms with Gasteiger partial charge in [0.2, 0.25) is 0 Å². The summed E-state index contributed by atoms with van der Waals surface area (Å²) in [5.74, 6) is 0.0147. The summed E-state index contributed by atoms with van der Waals surface area (Å²) in [6.45, 7) is 0.240. The topological polar surface area (TPSA) is 52.6 Å². The molecule has 0 bridgehead atoms. The molecule has 0 fully saturated rings. The smallest absolute Gasteiger partial charge is 0.337 e. The van der Waals surface area contributed by atoms with Crippen LogP contribution < -0.4 is 4.74 Å². The van der Waals surface area contributed by atoms with Gasteiger partial charge in [0.1, 0.15) is 12.4 Å². The third kappa shape index (κ3) is 3.98.